The van der Waals surface area contributed by atoms with Crippen LogP contribution >= 0.6 is 0 Å². The largest absolute Gasteiger partial charge is 0.378 e. The molecule has 41 heavy (non-hydrogen) atoms. The van der Waals surface area contributed by atoms with E-state index < -0.39 is 6.04 Å². The minimum Gasteiger partial charge on any atom is -0.378 e. The fourth-order valence-electron chi connectivity index (χ4n) is 6.36. The van der Waals surface area contributed by atoms with Crippen molar-refractivity contribution in [1.82, 2.24) is 15.1 Å². The number of fused-ring (bicyclic) bond motifs is 1. The number of amides is 2. The molecule has 0 bridgehead atoms. The number of hydrogen-bond acceptors (Lipinski definition) is 5. The lowest BCUT2D eigenvalue weighted by Crippen LogP contribution is -2.49. The summed E-state index contributed by atoms with van der Waals surface area (Å²) in [6.07, 6.45) is 8.12. The van der Waals surface area contributed by atoms with Crippen molar-refractivity contribution in [2.75, 3.05) is 63.2 Å². The molecule has 2 aromatic carbocycles. The van der Waals surface area contributed by atoms with Gasteiger partial charge in [-0.1, -0.05) is 63.4 Å². The van der Waals surface area contributed by atoms with E-state index >= 15 is 0 Å². The molecular formula is C34H51N5O2. The first kappa shape index (κ1) is 30.9. The summed E-state index contributed by atoms with van der Waals surface area (Å²) in [6, 6.07) is 16.2. The van der Waals surface area contributed by atoms with E-state index in [1.165, 1.54) is 17.7 Å². The second kappa shape index (κ2) is 15.2. The zero-order valence-electron chi connectivity index (χ0n) is 25.8. The molecule has 4 rings (SSSR count). The molecule has 0 unspecified atom stereocenters. The predicted octanol–water partition coefficient (Wildman–Crippen LogP) is 5.26. The first-order valence-electron chi connectivity index (χ1n) is 15.8. The molecule has 7 heteroatoms. The smallest absolute Gasteiger partial charge is 0.247 e. The summed E-state index contributed by atoms with van der Waals surface area (Å²) in [5.41, 5.74) is 4.55. The maximum Gasteiger partial charge on any atom is 0.247 e. The number of hydrogen-bond donors (Lipinski definition) is 1. The SMILES string of the molecule is CCN(CC)CCN(C(=O)CCN1CCCc2ccccc21)[C@H](C(=O)NC1CCCCC1)c1ccc(N(C)C)cc1. The molecule has 0 saturated heterocycles. The molecule has 0 aromatic heterocycles. The maximum absolute atomic E-state index is 14.2. The molecule has 0 radical (unpaired) electrons. The van der Waals surface area contributed by atoms with Gasteiger partial charge in [0.25, 0.3) is 0 Å². The number of nitrogens with zero attached hydrogens (tertiary/aromatic N) is 4. The third-order valence-electron chi connectivity index (χ3n) is 8.91. The summed E-state index contributed by atoms with van der Waals surface area (Å²) in [5, 5.41) is 3.36. The number of carbonyl (C=O) groups excluding carboxylic acids is 2. The molecule has 1 saturated carbocycles. The van der Waals surface area contributed by atoms with Gasteiger partial charge in [-0.25, -0.2) is 0 Å². The number of anilines is 2. The molecule has 224 valence electrons. The van der Waals surface area contributed by atoms with Crippen LogP contribution in [0.4, 0.5) is 11.4 Å². The first-order valence-corrected chi connectivity index (χ1v) is 15.8. The molecule has 1 atom stereocenters. The quantitative estimate of drug-likeness (QED) is 0.362. The monoisotopic (exact) mass is 561 g/mol. The number of para-hydroxylation sites is 1. The molecule has 7 nitrogen and oxygen atoms in total. The highest BCUT2D eigenvalue weighted by atomic mass is 16.2. The molecule has 2 aliphatic rings. The Labute approximate surface area is 247 Å². The Morgan fingerprint density at radius 1 is 0.927 bits per heavy atom. The maximum atomic E-state index is 14.2. The lowest BCUT2D eigenvalue weighted by Gasteiger charge is -2.36. The van der Waals surface area contributed by atoms with Gasteiger partial charge in [0.2, 0.25) is 11.8 Å². The second-order valence-corrected chi connectivity index (χ2v) is 11.8. The molecule has 1 N–H and O–H groups in total. The highest BCUT2D eigenvalue weighted by Gasteiger charge is 2.33. The second-order valence-electron chi connectivity index (χ2n) is 11.8. The van der Waals surface area contributed by atoms with Crippen molar-refractivity contribution in [3.8, 4) is 0 Å². The number of benzene rings is 2. The lowest BCUT2D eigenvalue weighted by atomic mass is 9.94. The van der Waals surface area contributed by atoms with Crippen LogP contribution in [0.25, 0.3) is 0 Å². The van der Waals surface area contributed by atoms with Crippen LogP contribution in [0, 0.1) is 0 Å². The third kappa shape index (κ3) is 8.25. The lowest BCUT2D eigenvalue weighted by molar-refractivity contribution is -0.141. The van der Waals surface area contributed by atoms with Crippen LogP contribution in [0.1, 0.15) is 76.0 Å². The van der Waals surface area contributed by atoms with Gasteiger partial charge < -0.3 is 24.9 Å². The summed E-state index contributed by atoms with van der Waals surface area (Å²) in [7, 11) is 4.03. The molecule has 2 amide bonds. The van der Waals surface area contributed by atoms with Gasteiger partial charge in [-0.3, -0.25) is 9.59 Å². The van der Waals surface area contributed by atoms with E-state index in [0.29, 0.717) is 19.5 Å². The average Bonchev–Trinajstić information content (AvgIpc) is 3.00. The van der Waals surface area contributed by atoms with Gasteiger partial charge in [0.15, 0.2) is 0 Å². The summed E-state index contributed by atoms with van der Waals surface area (Å²) in [6.45, 7) is 9.02. The van der Waals surface area contributed by atoms with Crippen LogP contribution < -0.4 is 15.1 Å². The van der Waals surface area contributed by atoms with Crippen molar-refractivity contribution < 1.29 is 9.59 Å². The van der Waals surface area contributed by atoms with E-state index in [-0.39, 0.29) is 17.9 Å². The molecule has 2 aromatic rings. The number of nitrogens with one attached hydrogen (secondary N) is 1. The molecule has 1 aliphatic carbocycles. The van der Waals surface area contributed by atoms with Crippen LogP contribution in [-0.2, 0) is 16.0 Å². The Bertz CT molecular complexity index is 1110. The van der Waals surface area contributed by atoms with Crippen LogP contribution in [0.15, 0.2) is 48.5 Å². The van der Waals surface area contributed by atoms with E-state index in [0.717, 1.165) is 76.0 Å². The fraction of sp³-hybridized carbons (Fsp3) is 0.588. The van der Waals surface area contributed by atoms with Gasteiger partial charge >= 0.3 is 0 Å². The van der Waals surface area contributed by atoms with Crippen molar-refractivity contribution in [2.45, 2.75) is 77.3 Å². The number of rotatable bonds is 13. The Morgan fingerprint density at radius 2 is 1.63 bits per heavy atom. The summed E-state index contributed by atoms with van der Waals surface area (Å²) in [5.74, 6) is -0.00795. The first-order chi connectivity index (χ1) is 19.9. The Hall–Kier alpha value is -3.06. The van der Waals surface area contributed by atoms with Gasteiger partial charge in [-0.2, -0.15) is 0 Å². The number of likely N-dealkylation sites (N-methyl/N-ethyl adjacent to an activating group) is 1. The van der Waals surface area contributed by atoms with Crippen molar-refractivity contribution in [1.29, 1.82) is 0 Å². The van der Waals surface area contributed by atoms with Crippen molar-refractivity contribution in [3.63, 3.8) is 0 Å². The van der Waals surface area contributed by atoms with Crippen LogP contribution in [0.5, 0.6) is 0 Å². The van der Waals surface area contributed by atoms with Crippen molar-refractivity contribution in [2.24, 2.45) is 0 Å². The van der Waals surface area contributed by atoms with Gasteiger partial charge in [-0.15, -0.1) is 0 Å². The van der Waals surface area contributed by atoms with Crippen molar-refractivity contribution in [3.05, 3.63) is 59.7 Å². The number of aryl methyl sites for hydroxylation is 1. The predicted molar refractivity (Wildman–Crippen MR) is 170 cm³/mol. The average molecular weight is 562 g/mol. The zero-order chi connectivity index (χ0) is 29.2. The van der Waals surface area contributed by atoms with Crippen LogP contribution in [-0.4, -0.2) is 81.0 Å². The van der Waals surface area contributed by atoms with E-state index in [1.807, 2.05) is 43.3 Å². The highest BCUT2D eigenvalue weighted by Crippen LogP contribution is 2.29. The van der Waals surface area contributed by atoms with Crippen LogP contribution in [0.3, 0.4) is 0 Å². The van der Waals surface area contributed by atoms with E-state index in [4.69, 9.17) is 0 Å². The molecule has 1 heterocycles. The highest BCUT2D eigenvalue weighted by molar-refractivity contribution is 5.89. The van der Waals surface area contributed by atoms with Crippen molar-refractivity contribution >= 4 is 23.2 Å². The number of carbonyl (C=O) groups is 2. The summed E-state index contributed by atoms with van der Waals surface area (Å²) >= 11 is 0. The van der Waals surface area contributed by atoms with Crippen LogP contribution in [0.2, 0.25) is 0 Å². The fourth-order valence-corrected chi connectivity index (χ4v) is 6.36. The van der Waals surface area contributed by atoms with E-state index in [1.54, 1.807) is 0 Å². The van der Waals surface area contributed by atoms with Gasteiger partial charge in [0.05, 0.1) is 0 Å². The molecule has 1 aliphatic heterocycles. The van der Waals surface area contributed by atoms with E-state index in [2.05, 4.69) is 58.1 Å². The van der Waals surface area contributed by atoms with Gasteiger partial charge in [-0.05, 0) is 68.1 Å². The summed E-state index contributed by atoms with van der Waals surface area (Å²) < 4.78 is 0. The minimum atomic E-state index is -0.648. The zero-order valence-corrected chi connectivity index (χ0v) is 25.8. The van der Waals surface area contributed by atoms with Gasteiger partial charge in [0, 0.05) is 64.1 Å². The third-order valence-corrected chi connectivity index (χ3v) is 8.91. The Balaban J connectivity index is 1.60. The topological polar surface area (TPSA) is 59.1 Å². The summed E-state index contributed by atoms with van der Waals surface area (Å²) in [4.78, 5) is 36.9. The normalized spacial score (nSPS) is 16.3. The Kier molecular flexibility index (Phi) is 11.5. The molecular weight excluding hydrogens is 510 g/mol. The minimum absolute atomic E-state index is 0.0423. The Morgan fingerprint density at radius 3 is 2.32 bits per heavy atom. The molecule has 1 fully saturated rings. The molecule has 0 spiro atoms. The van der Waals surface area contributed by atoms with E-state index in [9.17, 15) is 9.59 Å². The standard InChI is InChI=1S/C34H51N5O2/c1-5-37(6-2)25-26-39(32(40)22-24-38-23-12-14-27-13-10-11-17-31(27)38)33(28-18-20-30(21-19-28)36(3)4)34(41)35-29-15-8-7-9-16-29/h10-11,13,17-21,29,33H,5-9,12,14-16,22-26H2,1-4H3,(H,35,41)/t33-/m0/s1. The van der Waals surface area contributed by atoms with Gasteiger partial charge in [0.1, 0.15) is 6.04 Å².